The summed E-state index contributed by atoms with van der Waals surface area (Å²) in [5, 5.41) is 10.7. The number of nitrogens with one attached hydrogen (secondary N) is 2. The maximum atomic E-state index is 5.95. The van der Waals surface area contributed by atoms with Crippen LogP contribution in [0, 0.1) is 0 Å². The Bertz CT molecular complexity index is 693. The van der Waals surface area contributed by atoms with Crippen molar-refractivity contribution >= 4 is 5.96 Å². The maximum Gasteiger partial charge on any atom is 0.191 e. The van der Waals surface area contributed by atoms with Gasteiger partial charge in [0.05, 0.1) is 12.6 Å². The van der Waals surface area contributed by atoms with Crippen LogP contribution < -0.4 is 10.6 Å². The first kappa shape index (κ1) is 19.4. The molecule has 3 rings (SSSR count). The maximum absolute atomic E-state index is 5.95. The Morgan fingerprint density at radius 3 is 2.78 bits per heavy atom. The van der Waals surface area contributed by atoms with Gasteiger partial charge in [-0.15, -0.1) is 0 Å². The van der Waals surface area contributed by atoms with Gasteiger partial charge in [-0.1, -0.05) is 54.8 Å². The van der Waals surface area contributed by atoms with Crippen LogP contribution in [0.3, 0.4) is 0 Å². The summed E-state index contributed by atoms with van der Waals surface area (Å²) in [5.41, 5.74) is 1.87. The molecule has 1 heterocycles. The highest BCUT2D eigenvalue weighted by molar-refractivity contribution is 5.79. The predicted molar refractivity (Wildman–Crippen MR) is 108 cm³/mol. The van der Waals surface area contributed by atoms with E-state index >= 15 is 0 Å². The number of ether oxygens (including phenoxy) is 1. The van der Waals surface area contributed by atoms with Gasteiger partial charge in [0, 0.05) is 31.8 Å². The third kappa shape index (κ3) is 6.40. The van der Waals surface area contributed by atoms with Crippen molar-refractivity contribution in [2.75, 3.05) is 20.2 Å². The van der Waals surface area contributed by atoms with E-state index in [-0.39, 0.29) is 0 Å². The van der Waals surface area contributed by atoms with E-state index < -0.39 is 0 Å². The van der Waals surface area contributed by atoms with Crippen LogP contribution in [0.15, 0.2) is 45.9 Å². The van der Waals surface area contributed by atoms with Crippen LogP contribution in [0.1, 0.15) is 44.2 Å². The number of aromatic nitrogens is 1. The Balaban J connectivity index is 1.34. The summed E-state index contributed by atoms with van der Waals surface area (Å²) < 4.78 is 11.4. The fraction of sp³-hybridized carbons (Fsp3) is 0.524. The van der Waals surface area contributed by atoms with E-state index in [4.69, 9.17) is 9.26 Å². The summed E-state index contributed by atoms with van der Waals surface area (Å²) in [4.78, 5) is 4.25. The molecule has 0 bridgehead atoms. The summed E-state index contributed by atoms with van der Waals surface area (Å²) >= 11 is 0. The molecule has 2 aromatic rings. The normalized spacial score (nSPS) is 15.7. The average molecular weight is 370 g/mol. The van der Waals surface area contributed by atoms with Crippen molar-refractivity contribution in [2.24, 2.45) is 4.99 Å². The van der Waals surface area contributed by atoms with Gasteiger partial charge in [0.15, 0.2) is 11.7 Å². The van der Waals surface area contributed by atoms with Crippen LogP contribution >= 0.6 is 0 Å². The molecule has 0 unspecified atom stereocenters. The molecule has 0 saturated heterocycles. The van der Waals surface area contributed by atoms with E-state index in [1.54, 1.807) is 7.05 Å². The van der Waals surface area contributed by atoms with Crippen molar-refractivity contribution in [1.82, 2.24) is 15.8 Å². The lowest BCUT2D eigenvalue weighted by atomic mass is 9.98. The van der Waals surface area contributed by atoms with E-state index in [0.717, 1.165) is 42.5 Å². The van der Waals surface area contributed by atoms with Gasteiger partial charge >= 0.3 is 0 Å². The Hall–Kier alpha value is -2.34. The second-order valence-corrected chi connectivity index (χ2v) is 6.89. The van der Waals surface area contributed by atoms with E-state index in [2.05, 4.69) is 20.8 Å². The number of hydrogen-bond donors (Lipinski definition) is 2. The monoisotopic (exact) mass is 370 g/mol. The minimum Gasteiger partial charge on any atom is -0.378 e. The summed E-state index contributed by atoms with van der Waals surface area (Å²) in [6.45, 7) is 2.20. The average Bonchev–Trinajstić information content (AvgIpc) is 3.20. The summed E-state index contributed by atoms with van der Waals surface area (Å²) in [7, 11) is 1.77. The number of hydrogen-bond acceptors (Lipinski definition) is 4. The first-order chi connectivity index (χ1) is 13.3. The molecule has 1 aliphatic carbocycles. The van der Waals surface area contributed by atoms with Crippen molar-refractivity contribution in [3.8, 4) is 11.3 Å². The topological polar surface area (TPSA) is 71.7 Å². The van der Waals surface area contributed by atoms with Crippen LogP contribution in [0.5, 0.6) is 0 Å². The molecule has 0 radical (unpaired) electrons. The molecule has 0 atom stereocenters. The van der Waals surface area contributed by atoms with Gasteiger partial charge < -0.3 is 19.9 Å². The summed E-state index contributed by atoms with van der Waals surface area (Å²) in [6.07, 6.45) is 7.88. The fourth-order valence-corrected chi connectivity index (χ4v) is 3.29. The van der Waals surface area contributed by atoms with Gasteiger partial charge in [-0.05, 0) is 19.3 Å². The molecule has 0 aliphatic heterocycles. The Labute approximate surface area is 161 Å². The van der Waals surface area contributed by atoms with E-state index in [1.807, 2.05) is 36.4 Å². The van der Waals surface area contributed by atoms with Crippen LogP contribution in [0.25, 0.3) is 11.3 Å². The molecule has 1 aromatic heterocycles. The quantitative estimate of drug-likeness (QED) is 0.421. The lowest BCUT2D eigenvalue weighted by Gasteiger charge is -2.22. The van der Waals surface area contributed by atoms with Crippen LogP contribution in [-0.4, -0.2) is 37.4 Å². The predicted octanol–water partition coefficient (Wildman–Crippen LogP) is 3.75. The molecular weight excluding hydrogens is 340 g/mol. The smallest absolute Gasteiger partial charge is 0.191 e. The number of benzene rings is 1. The highest BCUT2D eigenvalue weighted by Gasteiger charge is 2.13. The third-order valence-corrected chi connectivity index (χ3v) is 4.80. The summed E-state index contributed by atoms with van der Waals surface area (Å²) in [6, 6.07) is 11.9. The number of aliphatic imine (C=N–C) groups is 1. The van der Waals surface area contributed by atoms with Crippen molar-refractivity contribution in [3.05, 3.63) is 42.1 Å². The first-order valence-corrected chi connectivity index (χ1v) is 9.92. The minimum atomic E-state index is 0.474. The molecule has 1 fully saturated rings. The SMILES string of the molecule is CN=C(NCCCOC1CCCCC1)NCc1cc(-c2ccccc2)on1. The van der Waals surface area contributed by atoms with E-state index in [1.165, 1.54) is 32.1 Å². The third-order valence-electron chi connectivity index (χ3n) is 4.80. The summed E-state index contributed by atoms with van der Waals surface area (Å²) in [5.74, 6) is 1.53. The molecule has 0 spiro atoms. The lowest BCUT2D eigenvalue weighted by Crippen LogP contribution is -2.37. The lowest BCUT2D eigenvalue weighted by molar-refractivity contribution is 0.0277. The highest BCUT2D eigenvalue weighted by Crippen LogP contribution is 2.20. The van der Waals surface area contributed by atoms with Crippen molar-refractivity contribution in [3.63, 3.8) is 0 Å². The van der Waals surface area contributed by atoms with Gasteiger partial charge in [-0.25, -0.2) is 0 Å². The van der Waals surface area contributed by atoms with Crippen molar-refractivity contribution in [2.45, 2.75) is 51.2 Å². The standard InChI is InChI=1S/C21H30N4O2/c1-22-21(23-13-8-14-26-19-11-6-3-7-12-19)24-16-18-15-20(27-25-18)17-9-4-2-5-10-17/h2,4-5,9-10,15,19H,3,6-8,11-14,16H2,1H3,(H2,22,23,24). The fourth-order valence-electron chi connectivity index (χ4n) is 3.29. The zero-order valence-corrected chi connectivity index (χ0v) is 16.1. The zero-order valence-electron chi connectivity index (χ0n) is 16.1. The number of nitrogens with zero attached hydrogens (tertiary/aromatic N) is 2. The van der Waals surface area contributed by atoms with Gasteiger partial charge in [0.1, 0.15) is 5.69 Å². The number of rotatable bonds is 8. The molecule has 146 valence electrons. The second kappa shape index (κ2) is 10.7. The second-order valence-electron chi connectivity index (χ2n) is 6.89. The van der Waals surface area contributed by atoms with Crippen molar-refractivity contribution < 1.29 is 9.26 Å². The van der Waals surface area contributed by atoms with Crippen LogP contribution in [-0.2, 0) is 11.3 Å². The molecule has 1 saturated carbocycles. The number of guanidine groups is 1. The van der Waals surface area contributed by atoms with Gasteiger partial charge in [0.25, 0.3) is 0 Å². The van der Waals surface area contributed by atoms with Crippen LogP contribution in [0.4, 0.5) is 0 Å². The molecule has 27 heavy (non-hydrogen) atoms. The first-order valence-electron chi connectivity index (χ1n) is 9.92. The Kier molecular flexibility index (Phi) is 7.71. The molecule has 6 nitrogen and oxygen atoms in total. The minimum absolute atomic E-state index is 0.474. The molecule has 6 heteroatoms. The van der Waals surface area contributed by atoms with Gasteiger partial charge in [0.2, 0.25) is 0 Å². The Morgan fingerprint density at radius 2 is 2.00 bits per heavy atom. The van der Waals surface area contributed by atoms with Crippen LogP contribution in [0.2, 0.25) is 0 Å². The molecule has 2 N–H and O–H groups in total. The molecule has 0 amide bonds. The largest absolute Gasteiger partial charge is 0.378 e. The zero-order chi connectivity index (χ0) is 18.7. The highest BCUT2D eigenvalue weighted by atomic mass is 16.5. The van der Waals surface area contributed by atoms with Gasteiger partial charge in [-0.2, -0.15) is 0 Å². The molecule has 1 aromatic carbocycles. The molecule has 1 aliphatic rings. The van der Waals surface area contributed by atoms with Gasteiger partial charge in [-0.3, -0.25) is 4.99 Å². The Morgan fingerprint density at radius 1 is 1.19 bits per heavy atom. The van der Waals surface area contributed by atoms with E-state index in [0.29, 0.717) is 12.6 Å². The molecular formula is C21H30N4O2. The van der Waals surface area contributed by atoms with E-state index in [9.17, 15) is 0 Å². The van der Waals surface area contributed by atoms with Crippen molar-refractivity contribution in [1.29, 1.82) is 0 Å².